The highest BCUT2D eigenvalue weighted by molar-refractivity contribution is 7.89. The third-order valence-corrected chi connectivity index (χ3v) is 5.34. The first-order valence-corrected chi connectivity index (χ1v) is 10.2. The van der Waals surface area contributed by atoms with E-state index < -0.39 is 10.0 Å². The van der Waals surface area contributed by atoms with Crippen molar-refractivity contribution in [2.75, 3.05) is 33.1 Å². The number of guanidine groups is 1. The monoisotopic (exact) mass is 406 g/mol. The van der Waals surface area contributed by atoms with Crippen LogP contribution in [0.3, 0.4) is 0 Å². The maximum absolute atomic E-state index is 11.8. The normalized spacial score (nSPS) is 11.8. The number of hydrogen-bond acceptors (Lipinski definition) is 5. The molecule has 28 heavy (non-hydrogen) atoms. The molecule has 0 saturated carbocycles. The van der Waals surface area contributed by atoms with Crippen molar-refractivity contribution >= 4 is 21.7 Å². The van der Waals surface area contributed by atoms with Crippen molar-refractivity contribution in [2.24, 2.45) is 4.99 Å². The van der Waals surface area contributed by atoms with Gasteiger partial charge in [0.25, 0.3) is 0 Å². The molecule has 0 fully saturated rings. The van der Waals surface area contributed by atoms with Gasteiger partial charge in [-0.2, -0.15) is 0 Å². The fraction of sp³-hybridized carbons (Fsp3) is 0.316. The Balaban J connectivity index is 2.02. The molecule has 2 aromatic rings. The van der Waals surface area contributed by atoms with E-state index in [2.05, 4.69) is 20.3 Å². The molecule has 0 atom stereocenters. The van der Waals surface area contributed by atoms with Crippen LogP contribution in [0.15, 0.2) is 52.4 Å². The number of sulfonamides is 1. The molecule has 0 radical (unpaired) electrons. The number of aliphatic imine (C=N–C) groups is 1. The van der Waals surface area contributed by atoms with Gasteiger partial charge in [0, 0.05) is 25.3 Å². The summed E-state index contributed by atoms with van der Waals surface area (Å²) in [7, 11) is 1.21. The molecule has 0 amide bonds. The van der Waals surface area contributed by atoms with Crippen LogP contribution in [-0.2, 0) is 16.6 Å². The van der Waals surface area contributed by atoms with Gasteiger partial charge < -0.3 is 20.1 Å². The zero-order chi connectivity index (χ0) is 20.6. The first kappa shape index (κ1) is 21.5. The second-order valence-electron chi connectivity index (χ2n) is 5.70. The predicted molar refractivity (Wildman–Crippen MR) is 111 cm³/mol. The van der Waals surface area contributed by atoms with Gasteiger partial charge in [-0.15, -0.1) is 0 Å². The summed E-state index contributed by atoms with van der Waals surface area (Å²) in [6.07, 6.45) is 0. The van der Waals surface area contributed by atoms with Gasteiger partial charge in [0.15, 0.2) is 17.5 Å². The molecule has 3 N–H and O–H groups in total. The minimum Gasteiger partial charge on any atom is -0.493 e. The summed E-state index contributed by atoms with van der Waals surface area (Å²) in [6, 6.07) is 12.2. The van der Waals surface area contributed by atoms with Crippen molar-refractivity contribution < 1.29 is 17.9 Å². The lowest BCUT2D eigenvalue weighted by Crippen LogP contribution is -2.30. The molecular formula is C19H26N4O4S. The molecule has 9 heteroatoms. The van der Waals surface area contributed by atoms with Crippen molar-refractivity contribution in [3.05, 3.63) is 48.0 Å². The molecule has 0 aliphatic heterocycles. The Labute approximate surface area is 166 Å². The lowest BCUT2D eigenvalue weighted by atomic mass is 10.2. The largest absolute Gasteiger partial charge is 0.493 e. The topological polar surface area (TPSA) is 101 Å². The Kier molecular flexibility index (Phi) is 7.65. The van der Waals surface area contributed by atoms with Gasteiger partial charge in [0.1, 0.15) is 0 Å². The molecule has 8 nitrogen and oxygen atoms in total. The van der Waals surface area contributed by atoms with Crippen molar-refractivity contribution in [1.82, 2.24) is 10.0 Å². The van der Waals surface area contributed by atoms with Crippen molar-refractivity contribution in [2.45, 2.75) is 18.4 Å². The molecule has 2 aromatic carbocycles. The quantitative estimate of drug-likeness (QED) is 0.459. The first-order valence-electron chi connectivity index (χ1n) is 8.74. The molecule has 0 unspecified atom stereocenters. The highest BCUT2D eigenvalue weighted by atomic mass is 32.2. The zero-order valence-electron chi connectivity index (χ0n) is 16.4. The molecule has 152 valence electrons. The van der Waals surface area contributed by atoms with Gasteiger partial charge in [-0.3, -0.25) is 4.99 Å². The number of nitrogens with one attached hydrogen (secondary N) is 3. The first-order chi connectivity index (χ1) is 13.4. The van der Waals surface area contributed by atoms with Crippen LogP contribution in [0.1, 0.15) is 12.5 Å². The summed E-state index contributed by atoms with van der Waals surface area (Å²) in [5, 5.41) is 6.37. The third kappa shape index (κ3) is 5.61. The molecule has 2 rings (SSSR count). The molecule has 0 saturated heterocycles. The van der Waals surface area contributed by atoms with E-state index in [1.807, 2.05) is 25.1 Å². The number of hydrogen-bond donors (Lipinski definition) is 3. The lowest BCUT2D eigenvalue weighted by molar-refractivity contribution is 0.311. The van der Waals surface area contributed by atoms with Crippen LogP contribution >= 0.6 is 0 Å². The summed E-state index contributed by atoms with van der Waals surface area (Å²) in [6.45, 7) is 2.95. The lowest BCUT2D eigenvalue weighted by Gasteiger charge is -2.15. The summed E-state index contributed by atoms with van der Waals surface area (Å²) < 4.78 is 36.7. The zero-order valence-corrected chi connectivity index (χ0v) is 17.3. The van der Waals surface area contributed by atoms with E-state index in [0.29, 0.717) is 30.6 Å². The second-order valence-corrected chi connectivity index (χ2v) is 7.59. The van der Waals surface area contributed by atoms with Crippen LogP contribution in [0.5, 0.6) is 11.5 Å². The second kappa shape index (κ2) is 9.95. The smallest absolute Gasteiger partial charge is 0.240 e. The fourth-order valence-electron chi connectivity index (χ4n) is 2.43. The molecule has 0 bridgehead atoms. The van der Waals surface area contributed by atoms with Gasteiger partial charge >= 0.3 is 0 Å². The minimum atomic E-state index is -3.43. The number of benzene rings is 2. The van der Waals surface area contributed by atoms with E-state index in [9.17, 15) is 8.42 Å². The number of nitrogens with zero attached hydrogens (tertiary/aromatic N) is 1. The van der Waals surface area contributed by atoms with E-state index in [1.165, 1.54) is 7.05 Å². The Morgan fingerprint density at radius 2 is 1.82 bits per heavy atom. The van der Waals surface area contributed by atoms with E-state index in [1.54, 1.807) is 38.4 Å². The molecule has 0 aromatic heterocycles. The molecule has 0 aliphatic carbocycles. The summed E-state index contributed by atoms with van der Waals surface area (Å²) in [5.41, 5.74) is 1.71. The van der Waals surface area contributed by atoms with Gasteiger partial charge in [-0.1, -0.05) is 12.1 Å². The van der Waals surface area contributed by atoms with Crippen molar-refractivity contribution in [1.29, 1.82) is 0 Å². The minimum absolute atomic E-state index is 0.225. The van der Waals surface area contributed by atoms with Gasteiger partial charge in [0.2, 0.25) is 10.0 Å². The summed E-state index contributed by atoms with van der Waals surface area (Å²) in [4.78, 5) is 4.42. The highest BCUT2D eigenvalue weighted by Gasteiger charge is 2.11. The Hall–Kier alpha value is -2.78. The van der Waals surface area contributed by atoms with Gasteiger partial charge in [-0.25, -0.2) is 13.1 Å². The van der Waals surface area contributed by atoms with E-state index >= 15 is 0 Å². The van der Waals surface area contributed by atoms with Gasteiger partial charge in [-0.05, 0) is 43.8 Å². The Morgan fingerprint density at radius 3 is 2.39 bits per heavy atom. The number of methoxy groups -OCH3 is 1. The maximum atomic E-state index is 11.8. The van der Waals surface area contributed by atoms with Crippen LogP contribution in [0.4, 0.5) is 5.69 Å². The van der Waals surface area contributed by atoms with Crippen molar-refractivity contribution in [3.63, 3.8) is 0 Å². The molecular weight excluding hydrogens is 380 g/mol. The summed E-state index contributed by atoms with van der Waals surface area (Å²) in [5.74, 6) is 1.87. The van der Waals surface area contributed by atoms with E-state index in [0.717, 1.165) is 11.3 Å². The highest BCUT2D eigenvalue weighted by Crippen LogP contribution is 2.30. The van der Waals surface area contributed by atoms with Crippen LogP contribution in [-0.4, -0.2) is 42.2 Å². The van der Waals surface area contributed by atoms with Gasteiger partial charge in [0.05, 0.1) is 18.6 Å². The molecule has 0 aliphatic rings. The van der Waals surface area contributed by atoms with E-state index in [-0.39, 0.29) is 4.90 Å². The third-order valence-electron chi connectivity index (χ3n) is 3.91. The Bertz CT molecular complexity index is 912. The Morgan fingerprint density at radius 1 is 1.11 bits per heavy atom. The predicted octanol–water partition coefficient (Wildman–Crippen LogP) is 2.19. The number of ether oxygens (including phenoxy) is 2. The average molecular weight is 407 g/mol. The maximum Gasteiger partial charge on any atom is 0.240 e. The average Bonchev–Trinajstić information content (AvgIpc) is 2.72. The number of rotatable bonds is 8. The van der Waals surface area contributed by atoms with Crippen LogP contribution in [0, 0.1) is 0 Å². The van der Waals surface area contributed by atoms with Crippen molar-refractivity contribution in [3.8, 4) is 11.5 Å². The standard InChI is InChI=1S/C19H26N4O4S/c1-5-27-17-11-8-15(12-18(17)26-4)23-19(20-2)22-13-14-6-9-16(10-7-14)28(24,25)21-3/h6-12,21H,5,13H2,1-4H3,(H2,20,22,23). The van der Waals surface area contributed by atoms with Crippen LogP contribution in [0.25, 0.3) is 0 Å². The fourth-order valence-corrected chi connectivity index (χ4v) is 3.16. The number of anilines is 1. The molecule has 0 spiro atoms. The SMILES string of the molecule is CCOc1ccc(NC(=NC)NCc2ccc(S(=O)(=O)NC)cc2)cc1OC. The van der Waals surface area contributed by atoms with Crippen LogP contribution < -0.4 is 24.8 Å². The summed E-state index contributed by atoms with van der Waals surface area (Å²) >= 11 is 0. The molecule has 0 heterocycles. The van der Waals surface area contributed by atoms with Crippen LogP contribution in [0.2, 0.25) is 0 Å². The van der Waals surface area contributed by atoms with E-state index in [4.69, 9.17) is 9.47 Å².